The Kier molecular flexibility index (Phi) is 4.65. The molecule has 0 aliphatic heterocycles. The standard InChI is InChI=1S/C17H18ClNS2/c1-3-8-19-15(17-14(18)11(2)10-21-17)13-6-4-5-12-7-9-20-16(12)13/h4-7,9-10,15,19H,3,8H2,1-2H3. The number of thiophene rings is 2. The first-order valence-electron chi connectivity index (χ1n) is 7.15. The number of hydrogen-bond acceptors (Lipinski definition) is 3. The molecule has 3 aromatic rings. The summed E-state index contributed by atoms with van der Waals surface area (Å²) in [5.41, 5.74) is 2.50. The molecule has 0 amide bonds. The Bertz CT molecular complexity index is 744. The van der Waals surface area contributed by atoms with Crippen LogP contribution in [0.1, 0.15) is 35.4 Å². The molecule has 0 fully saturated rings. The van der Waals surface area contributed by atoms with Crippen LogP contribution in [0.25, 0.3) is 10.1 Å². The van der Waals surface area contributed by atoms with Gasteiger partial charge in [-0.3, -0.25) is 0 Å². The summed E-state index contributed by atoms with van der Waals surface area (Å²) in [5.74, 6) is 0. The van der Waals surface area contributed by atoms with Gasteiger partial charge in [0.05, 0.1) is 11.1 Å². The third-order valence-corrected chi connectivity index (χ3v) is 6.36. The molecule has 1 unspecified atom stereocenters. The van der Waals surface area contributed by atoms with Crippen LogP contribution in [0.2, 0.25) is 5.02 Å². The van der Waals surface area contributed by atoms with E-state index in [4.69, 9.17) is 11.6 Å². The molecule has 1 N–H and O–H groups in total. The van der Waals surface area contributed by atoms with Crippen LogP contribution in [-0.4, -0.2) is 6.54 Å². The quantitative estimate of drug-likeness (QED) is 0.601. The molecule has 2 aromatic heterocycles. The van der Waals surface area contributed by atoms with E-state index in [0.29, 0.717) is 0 Å². The maximum atomic E-state index is 6.53. The first kappa shape index (κ1) is 15.0. The molecule has 1 atom stereocenters. The van der Waals surface area contributed by atoms with E-state index < -0.39 is 0 Å². The largest absolute Gasteiger partial charge is 0.306 e. The number of benzene rings is 1. The smallest absolute Gasteiger partial charge is 0.0700 e. The molecule has 0 aliphatic rings. The minimum absolute atomic E-state index is 0.179. The molecule has 21 heavy (non-hydrogen) atoms. The fraction of sp³-hybridized carbons (Fsp3) is 0.294. The molecule has 0 bridgehead atoms. The molecule has 0 radical (unpaired) electrons. The molecule has 2 heterocycles. The van der Waals surface area contributed by atoms with Crippen molar-refractivity contribution in [1.82, 2.24) is 5.32 Å². The van der Waals surface area contributed by atoms with Crippen LogP contribution in [0.15, 0.2) is 35.0 Å². The highest BCUT2D eigenvalue weighted by Crippen LogP contribution is 2.39. The second-order valence-electron chi connectivity index (χ2n) is 5.17. The van der Waals surface area contributed by atoms with Crippen molar-refractivity contribution in [3.05, 3.63) is 56.1 Å². The summed E-state index contributed by atoms with van der Waals surface area (Å²) >= 11 is 10.1. The molecule has 0 saturated heterocycles. The molecule has 1 nitrogen and oxygen atoms in total. The molecule has 110 valence electrons. The summed E-state index contributed by atoms with van der Waals surface area (Å²) in [7, 11) is 0. The van der Waals surface area contributed by atoms with Gasteiger partial charge in [-0.15, -0.1) is 22.7 Å². The van der Waals surface area contributed by atoms with Gasteiger partial charge in [0.25, 0.3) is 0 Å². The van der Waals surface area contributed by atoms with Gasteiger partial charge in [-0.25, -0.2) is 0 Å². The number of nitrogens with one attached hydrogen (secondary N) is 1. The van der Waals surface area contributed by atoms with E-state index in [1.807, 2.05) is 0 Å². The Hall–Kier alpha value is -0.870. The minimum atomic E-state index is 0.179. The van der Waals surface area contributed by atoms with E-state index in [2.05, 4.69) is 54.2 Å². The van der Waals surface area contributed by atoms with Gasteiger partial charge in [0.1, 0.15) is 0 Å². The van der Waals surface area contributed by atoms with Gasteiger partial charge >= 0.3 is 0 Å². The molecule has 1 aromatic carbocycles. The summed E-state index contributed by atoms with van der Waals surface area (Å²) in [5, 5.41) is 10.2. The van der Waals surface area contributed by atoms with Crippen LogP contribution in [0.3, 0.4) is 0 Å². The number of hydrogen-bond donors (Lipinski definition) is 1. The number of rotatable bonds is 5. The van der Waals surface area contributed by atoms with Crippen molar-refractivity contribution in [2.75, 3.05) is 6.54 Å². The average Bonchev–Trinajstić information content (AvgIpc) is 3.09. The van der Waals surface area contributed by atoms with E-state index in [1.165, 1.54) is 26.1 Å². The van der Waals surface area contributed by atoms with Crippen LogP contribution in [0.5, 0.6) is 0 Å². The fourth-order valence-electron chi connectivity index (χ4n) is 2.52. The first-order valence-corrected chi connectivity index (χ1v) is 9.29. The molecular weight excluding hydrogens is 318 g/mol. The van der Waals surface area contributed by atoms with Crippen LogP contribution in [-0.2, 0) is 0 Å². The van der Waals surface area contributed by atoms with E-state index in [9.17, 15) is 0 Å². The number of halogens is 1. The minimum Gasteiger partial charge on any atom is -0.306 e. The second kappa shape index (κ2) is 6.49. The number of aryl methyl sites for hydroxylation is 1. The van der Waals surface area contributed by atoms with Gasteiger partial charge < -0.3 is 5.32 Å². The van der Waals surface area contributed by atoms with Crippen molar-refractivity contribution in [3.8, 4) is 0 Å². The Labute approximate surface area is 138 Å². The van der Waals surface area contributed by atoms with Gasteiger partial charge in [0, 0.05) is 9.58 Å². The maximum absolute atomic E-state index is 6.53. The van der Waals surface area contributed by atoms with Crippen LogP contribution < -0.4 is 5.32 Å². The second-order valence-corrected chi connectivity index (χ2v) is 7.38. The van der Waals surface area contributed by atoms with Crippen LogP contribution in [0.4, 0.5) is 0 Å². The lowest BCUT2D eigenvalue weighted by Gasteiger charge is -2.19. The van der Waals surface area contributed by atoms with E-state index in [1.54, 1.807) is 22.7 Å². The molecule has 0 saturated carbocycles. The molecular formula is C17H18ClNS2. The highest BCUT2D eigenvalue weighted by Gasteiger charge is 2.21. The van der Waals surface area contributed by atoms with Crippen LogP contribution >= 0.6 is 34.3 Å². The summed E-state index contributed by atoms with van der Waals surface area (Å²) in [4.78, 5) is 1.23. The maximum Gasteiger partial charge on any atom is 0.0700 e. The van der Waals surface area contributed by atoms with Gasteiger partial charge in [-0.2, -0.15) is 0 Å². The normalized spacial score (nSPS) is 12.9. The monoisotopic (exact) mass is 335 g/mol. The van der Waals surface area contributed by atoms with Crippen molar-refractivity contribution in [2.45, 2.75) is 26.3 Å². The average molecular weight is 336 g/mol. The number of fused-ring (bicyclic) bond motifs is 1. The summed E-state index contributed by atoms with van der Waals surface area (Å²) < 4.78 is 1.35. The molecule has 0 spiro atoms. The zero-order valence-corrected chi connectivity index (χ0v) is 14.5. The zero-order chi connectivity index (χ0) is 14.8. The lowest BCUT2D eigenvalue weighted by Crippen LogP contribution is -2.22. The third kappa shape index (κ3) is 2.88. The predicted octanol–water partition coefficient (Wildman–Crippen LogP) is 6.01. The third-order valence-electron chi connectivity index (χ3n) is 3.61. The molecule has 3 rings (SSSR count). The summed E-state index contributed by atoms with van der Waals surface area (Å²) in [6.07, 6.45) is 1.11. The van der Waals surface area contributed by atoms with Crippen molar-refractivity contribution in [3.63, 3.8) is 0 Å². The Morgan fingerprint density at radius 3 is 2.81 bits per heavy atom. The van der Waals surface area contributed by atoms with Crippen molar-refractivity contribution in [2.24, 2.45) is 0 Å². The molecule has 0 aliphatic carbocycles. The van der Waals surface area contributed by atoms with Crippen molar-refractivity contribution in [1.29, 1.82) is 0 Å². The Morgan fingerprint density at radius 2 is 2.10 bits per heavy atom. The predicted molar refractivity (Wildman–Crippen MR) is 96.0 cm³/mol. The van der Waals surface area contributed by atoms with Crippen molar-refractivity contribution < 1.29 is 0 Å². The Balaban J connectivity index is 2.11. The van der Waals surface area contributed by atoms with Gasteiger partial charge in [-0.05, 0) is 53.2 Å². The van der Waals surface area contributed by atoms with E-state index in [0.717, 1.165) is 18.0 Å². The van der Waals surface area contributed by atoms with Gasteiger partial charge in [-0.1, -0.05) is 36.7 Å². The summed E-state index contributed by atoms with van der Waals surface area (Å²) in [6.45, 7) is 5.25. The fourth-order valence-corrected chi connectivity index (χ4v) is 4.86. The highest BCUT2D eigenvalue weighted by molar-refractivity contribution is 7.17. The van der Waals surface area contributed by atoms with Gasteiger partial charge in [0.15, 0.2) is 0 Å². The lowest BCUT2D eigenvalue weighted by molar-refractivity contribution is 0.609. The lowest BCUT2D eigenvalue weighted by atomic mass is 10.0. The van der Waals surface area contributed by atoms with E-state index in [-0.39, 0.29) is 6.04 Å². The Morgan fingerprint density at radius 1 is 1.24 bits per heavy atom. The molecule has 4 heteroatoms. The summed E-state index contributed by atoms with van der Waals surface area (Å²) in [6, 6.07) is 8.89. The van der Waals surface area contributed by atoms with Gasteiger partial charge in [0.2, 0.25) is 0 Å². The first-order chi connectivity index (χ1) is 10.2. The van der Waals surface area contributed by atoms with Crippen molar-refractivity contribution >= 4 is 44.4 Å². The zero-order valence-electron chi connectivity index (χ0n) is 12.2. The SMILES string of the molecule is CCCNC(c1scc(C)c1Cl)c1cccc2ccsc12. The van der Waals surface area contributed by atoms with E-state index >= 15 is 0 Å². The van der Waals surface area contributed by atoms with Crippen LogP contribution in [0, 0.1) is 6.92 Å². The topological polar surface area (TPSA) is 12.0 Å². The highest BCUT2D eigenvalue weighted by atomic mass is 35.5.